The molecule has 0 spiro atoms. The van der Waals surface area contributed by atoms with Gasteiger partial charge in [0.1, 0.15) is 18.1 Å². The van der Waals surface area contributed by atoms with Crippen molar-refractivity contribution in [2.75, 3.05) is 13.2 Å². The summed E-state index contributed by atoms with van der Waals surface area (Å²) in [5.41, 5.74) is 0.378. The Balaban J connectivity index is 1.39. The molecular formula is C20H20FN3O3. The number of halogens is 1. The van der Waals surface area contributed by atoms with Gasteiger partial charge >= 0.3 is 0 Å². The van der Waals surface area contributed by atoms with Crippen LogP contribution in [0.4, 0.5) is 4.39 Å². The quantitative estimate of drug-likeness (QED) is 0.619. The number of carbonyl (C=O) groups is 1. The van der Waals surface area contributed by atoms with Crippen LogP contribution in [0, 0.1) is 5.82 Å². The molecule has 1 heterocycles. The molecule has 0 radical (unpaired) electrons. The molecule has 0 unspecified atom stereocenters. The van der Waals surface area contributed by atoms with Crippen LogP contribution in [0.25, 0.3) is 10.9 Å². The maximum absolute atomic E-state index is 12.8. The molecule has 0 saturated carbocycles. The van der Waals surface area contributed by atoms with Crippen LogP contribution in [0.2, 0.25) is 0 Å². The molecule has 3 aromatic rings. The van der Waals surface area contributed by atoms with Gasteiger partial charge in [0.25, 0.3) is 5.56 Å². The predicted molar refractivity (Wildman–Crippen MR) is 100 cm³/mol. The van der Waals surface area contributed by atoms with E-state index < -0.39 is 0 Å². The van der Waals surface area contributed by atoms with Crippen molar-refractivity contribution in [3.8, 4) is 5.75 Å². The van der Waals surface area contributed by atoms with Gasteiger partial charge in [-0.15, -0.1) is 0 Å². The normalized spacial score (nSPS) is 10.7. The van der Waals surface area contributed by atoms with Gasteiger partial charge in [0.05, 0.1) is 23.8 Å². The van der Waals surface area contributed by atoms with E-state index in [0.29, 0.717) is 29.8 Å². The number of carbonyl (C=O) groups excluding carboxylic acids is 1. The smallest absolute Gasteiger partial charge is 0.261 e. The fourth-order valence-corrected chi connectivity index (χ4v) is 2.61. The zero-order chi connectivity index (χ0) is 19.1. The number of nitrogens with zero attached hydrogens (tertiary/aromatic N) is 2. The molecule has 0 fully saturated rings. The molecule has 1 aromatic heterocycles. The summed E-state index contributed by atoms with van der Waals surface area (Å²) in [5, 5.41) is 3.27. The van der Waals surface area contributed by atoms with E-state index >= 15 is 0 Å². The Labute approximate surface area is 155 Å². The Kier molecular flexibility index (Phi) is 6.14. The lowest BCUT2D eigenvalue weighted by molar-refractivity contribution is -0.121. The molecule has 2 aromatic carbocycles. The number of fused-ring (bicyclic) bond motifs is 1. The first-order chi connectivity index (χ1) is 13.1. The second kappa shape index (κ2) is 8.93. The number of amides is 1. The number of unbranched alkanes of at least 4 members (excludes halogenated alkanes) is 1. The first kappa shape index (κ1) is 18.6. The average molecular weight is 369 g/mol. The summed E-state index contributed by atoms with van der Waals surface area (Å²) in [6.07, 6.45) is 2.87. The van der Waals surface area contributed by atoms with E-state index in [0.717, 1.165) is 12.8 Å². The van der Waals surface area contributed by atoms with Crippen LogP contribution in [0.5, 0.6) is 5.75 Å². The van der Waals surface area contributed by atoms with E-state index in [2.05, 4.69) is 10.3 Å². The fraction of sp³-hybridized carbons (Fsp3) is 0.250. The molecule has 3 rings (SSSR count). The first-order valence-corrected chi connectivity index (χ1v) is 8.73. The number of hydrogen-bond donors (Lipinski definition) is 1. The van der Waals surface area contributed by atoms with Crippen molar-refractivity contribution >= 4 is 16.8 Å². The summed E-state index contributed by atoms with van der Waals surface area (Å²) in [7, 11) is 0. The molecule has 0 saturated heterocycles. The molecule has 1 amide bonds. The van der Waals surface area contributed by atoms with Crippen molar-refractivity contribution < 1.29 is 13.9 Å². The topological polar surface area (TPSA) is 73.2 Å². The summed E-state index contributed by atoms with van der Waals surface area (Å²) in [4.78, 5) is 28.6. The van der Waals surface area contributed by atoms with E-state index in [1.54, 1.807) is 30.3 Å². The number of hydrogen-bond acceptors (Lipinski definition) is 4. The lowest BCUT2D eigenvalue weighted by atomic mass is 10.2. The Morgan fingerprint density at radius 2 is 1.89 bits per heavy atom. The van der Waals surface area contributed by atoms with Crippen LogP contribution in [0.15, 0.2) is 59.7 Å². The van der Waals surface area contributed by atoms with Crippen LogP contribution < -0.4 is 15.6 Å². The summed E-state index contributed by atoms with van der Waals surface area (Å²) in [5.74, 6) is 0.0723. The number of aromatic nitrogens is 2. The van der Waals surface area contributed by atoms with Crippen LogP contribution in [0.1, 0.15) is 12.8 Å². The first-order valence-electron chi connectivity index (χ1n) is 8.73. The van der Waals surface area contributed by atoms with Gasteiger partial charge in [-0.1, -0.05) is 12.1 Å². The van der Waals surface area contributed by atoms with Crippen LogP contribution in [-0.4, -0.2) is 28.6 Å². The molecule has 0 aliphatic rings. The molecule has 1 N–H and O–H groups in total. The monoisotopic (exact) mass is 369 g/mol. The zero-order valence-corrected chi connectivity index (χ0v) is 14.7. The van der Waals surface area contributed by atoms with Gasteiger partial charge in [-0.05, 0) is 49.2 Å². The van der Waals surface area contributed by atoms with E-state index in [1.807, 2.05) is 6.07 Å². The predicted octanol–water partition coefficient (Wildman–Crippen LogP) is 2.51. The summed E-state index contributed by atoms with van der Waals surface area (Å²) in [6, 6.07) is 12.9. The van der Waals surface area contributed by atoms with Gasteiger partial charge in [-0.25, -0.2) is 9.37 Å². The molecule has 6 nitrogen and oxygen atoms in total. The van der Waals surface area contributed by atoms with Crippen molar-refractivity contribution in [2.24, 2.45) is 0 Å². The van der Waals surface area contributed by atoms with Crippen molar-refractivity contribution in [1.82, 2.24) is 14.9 Å². The van der Waals surface area contributed by atoms with Crippen LogP contribution in [-0.2, 0) is 11.3 Å². The van der Waals surface area contributed by atoms with E-state index in [-0.39, 0.29) is 23.8 Å². The molecule has 140 valence electrons. The number of para-hydroxylation sites is 1. The second-order valence-corrected chi connectivity index (χ2v) is 6.05. The van der Waals surface area contributed by atoms with E-state index in [9.17, 15) is 14.0 Å². The minimum atomic E-state index is -0.300. The Bertz CT molecular complexity index is 970. The molecule has 0 aliphatic carbocycles. The summed E-state index contributed by atoms with van der Waals surface area (Å²) in [6.45, 7) is 0.902. The van der Waals surface area contributed by atoms with Gasteiger partial charge in [0.15, 0.2) is 0 Å². The highest BCUT2D eigenvalue weighted by atomic mass is 19.1. The molecule has 27 heavy (non-hydrogen) atoms. The minimum absolute atomic E-state index is 0.0667. The third-order valence-corrected chi connectivity index (χ3v) is 4.02. The highest BCUT2D eigenvalue weighted by Crippen LogP contribution is 2.11. The largest absolute Gasteiger partial charge is 0.494 e. The van der Waals surface area contributed by atoms with Crippen LogP contribution >= 0.6 is 0 Å². The Hall–Kier alpha value is -3.22. The third kappa shape index (κ3) is 5.13. The fourth-order valence-electron chi connectivity index (χ4n) is 2.61. The van der Waals surface area contributed by atoms with Crippen molar-refractivity contribution in [2.45, 2.75) is 19.4 Å². The summed E-state index contributed by atoms with van der Waals surface area (Å²) < 4.78 is 19.6. The molecule has 0 aliphatic heterocycles. The van der Waals surface area contributed by atoms with E-state index in [4.69, 9.17) is 4.74 Å². The number of nitrogens with one attached hydrogen (secondary N) is 1. The zero-order valence-electron chi connectivity index (χ0n) is 14.7. The van der Waals surface area contributed by atoms with Gasteiger partial charge < -0.3 is 10.1 Å². The van der Waals surface area contributed by atoms with Crippen LogP contribution in [0.3, 0.4) is 0 Å². The lowest BCUT2D eigenvalue weighted by Gasteiger charge is -2.09. The third-order valence-electron chi connectivity index (χ3n) is 4.02. The highest BCUT2D eigenvalue weighted by Gasteiger charge is 2.07. The molecule has 0 atom stereocenters. The van der Waals surface area contributed by atoms with Crippen molar-refractivity contribution in [1.29, 1.82) is 0 Å². The average Bonchev–Trinajstić information content (AvgIpc) is 2.68. The highest BCUT2D eigenvalue weighted by molar-refractivity contribution is 5.78. The van der Waals surface area contributed by atoms with Crippen molar-refractivity contribution in [3.05, 3.63) is 71.0 Å². The standard InChI is InChI=1S/C20H20FN3O3/c21-15-7-9-16(10-8-15)27-12-4-3-11-22-19(25)13-24-14-23-18-6-2-1-5-17(18)20(24)26/h1-2,5-10,14H,3-4,11-13H2,(H,22,25). The van der Waals surface area contributed by atoms with Crippen molar-refractivity contribution in [3.63, 3.8) is 0 Å². The van der Waals surface area contributed by atoms with Gasteiger partial charge in [-0.3, -0.25) is 14.2 Å². The lowest BCUT2D eigenvalue weighted by Crippen LogP contribution is -2.33. The SMILES string of the molecule is O=C(Cn1cnc2ccccc2c1=O)NCCCCOc1ccc(F)cc1. The Morgan fingerprint density at radius 1 is 1.11 bits per heavy atom. The molecule has 0 bridgehead atoms. The maximum atomic E-state index is 12.8. The molecule has 7 heteroatoms. The maximum Gasteiger partial charge on any atom is 0.261 e. The Morgan fingerprint density at radius 3 is 2.70 bits per heavy atom. The van der Waals surface area contributed by atoms with E-state index in [1.165, 1.54) is 23.0 Å². The number of rotatable bonds is 8. The molecular weight excluding hydrogens is 349 g/mol. The minimum Gasteiger partial charge on any atom is -0.494 e. The van der Waals surface area contributed by atoms with Gasteiger partial charge in [0.2, 0.25) is 5.91 Å². The number of benzene rings is 2. The van der Waals surface area contributed by atoms with Gasteiger partial charge in [-0.2, -0.15) is 0 Å². The summed E-state index contributed by atoms with van der Waals surface area (Å²) >= 11 is 0. The van der Waals surface area contributed by atoms with Gasteiger partial charge in [0, 0.05) is 6.54 Å². The second-order valence-electron chi connectivity index (χ2n) is 6.05. The number of ether oxygens (including phenoxy) is 1.